The van der Waals surface area contributed by atoms with Crippen LogP contribution in [-0.2, 0) is 11.2 Å². The molecule has 0 amide bonds. The van der Waals surface area contributed by atoms with Gasteiger partial charge in [0.25, 0.3) is 0 Å². The molecule has 4 heteroatoms. The van der Waals surface area contributed by atoms with E-state index in [4.69, 9.17) is 9.72 Å². The van der Waals surface area contributed by atoms with Crippen molar-refractivity contribution in [1.29, 1.82) is 0 Å². The molecule has 0 aromatic carbocycles. The lowest BCUT2D eigenvalue weighted by atomic mass is 9.89. The van der Waals surface area contributed by atoms with E-state index in [1.165, 1.54) is 0 Å². The second-order valence-electron chi connectivity index (χ2n) is 5.97. The van der Waals surface area contributed by atoms with Crippen LogP contribution in [0.4, 0.5) is 0 Å². The van der Waals surface area contributed by atoms with Crippen LogP contribution in [0.1, 0.15) is 68.3 Å². The third-order valence-corrected chi connectivity index (χ3v) is 4.52. The van der Waals surface area contributed by atoms with Gasteiger partial charge in [0.2, 0.25) is 0 Å². The number of hydrogen-bond acceptors (Lipinski definition) is 4. The first kappa shape index (κ1) is 14.0. The number of hydrogen-bond donors (Lipinski definition) is 1. The molecule has 3 nitrogen and oxygen atoms in total. The largest absolute Gasteiger partial charge is 0.388 e. The van der Waals surface area contributed by atoms with Crippen LogP contribution in [0.5, 0.6) is 0 Å². The Kier molecular flexibility index (Phi) is 4.09. The fourth-order valence-corrected chi connectivity index (χ4v) is 3.82. The maximum absolute atomic E-state index is 10.0. The number of nitrogens with zero attached hydrogens (tertiary/aromatic N) is 1. The van der Waals surface area contributed by atoms with E-state index in [-0.39, 0.29) is 17.6 Å². The number of aliphatic hydroxyl groups excluding tert-OH is 1. The van der Waals surface area contributed by atoms with Crippen LogP contribution in [0.15, 0.2) is 0 Å². The molecule has 1 heterocycles. The molecule has 0 saturated carbocycles. The quantitative estimate of drug-likeness (QED) is 0.911. The first-order valence-electron chi connectivity index (χ1n) is 6.72. The molecule has 1 N–H and O–H groups in total. The van der Waals surface area contributed by atoms with Crippen molar-refractivity contribution in [3.63, 3.8) is 0 Å². The Bertz CT molecular complexity index is 408. The van der Waals surface area contributed by atoms with Crippen molar-refractivity contribution in [3.05, 3.63) is 15.6 Å². The molecule has 1 aliphatic rings. The highest BCUT2D eigenvalue weighted by Crippen LogP contribution is 2.42. The molecule has 2 atom stereocenters. The van der Waals surface area contributed by atoms with E-state index in [0.717, 1.165) is 34.8 Å². The summed E-state index contributed by atoms with van der Waals surface area (Å²) in [6.07, 6.45) is 2.59. The van der Waals surface area contributed by atoms with E-state index in [9.17, 15) is 5.11 Å². The van der Waals surface area contributed by atoms with Gasteiger partial charge in [-0.25, -0.2) is 4.98 Å². The van der Waals surface area contributed by atoms with Crippen molar-refractivity contribution in [2.24, 2.45) is 5.41 Å². The zero-order valence-electron chi connectivity index (χ0n) is 11.7. The minimum atomic E-state index is -0.317. The fourth-order valence-electron chi connectivity index (χ4n) is 2.39. The van der Waals surface area contributed by atoms with Crippen molar-refractivity contribution in [1.82, 2.24) is 4.98 Å². The highest BCUT2D eigenvalue weighted by Gasteiger charge is 2.32. The van der Waals surface area contributed by atoms with Crippen molar-refractivity contribution in [3.8, 4) is 0 Å². The number of aromatic nitrogens is 1. The normalized spacial score (nSPS) is 21.7. The van der Waals surface area contributed by atoms with Gasteiger partial charge in [0.1, 0.15) is 11.1 Å². The number of thiazole rings is 1. The molecule has 0 saturated heterocycles. The minimum absolute atomic E-state index is 0.0188. The maximum atomic E-state index is 10.0. The van der Waals surface area contributed by atoms with Crippen molar-refractivity contribution in [2.45, 2.75) is 59.2 Å². The van der Waals surface area contributed by atoms with Gasteiger partial charge >= 0.3 is 0 Å². The Morgan fingerprint density at radius 3 is 2.78 bits per heavy atom. The molecule has 0 radical (unpaired) electrons. The minimum Gasteiger partial charge on any atom is -0.388 e. The standard InChI is InChI=1S/C14H23NO2S/c1-5-17-12(14(2,3)4)13-15-9-7-6-8-10(16)11(9)18-13/h10,12,16H,5-8H2,1-4H3. The summed E-state index contributed by atoms with van der Waals surface area (Å²) in [5.74, 6) is 0. The van der Waals surface area contributed by atoms with Gasteiger partial charge in [0, 0.05) is 6.61 Å². The van der Waals surface area contributed by atoms with Gasteiger partial charge in [-0.3, -0.25) is 0 Å². The molecular formula is C14H23NO2S. The van der Waals surface area contributed by atoms with Crippen molar-refractivity contribution < 1.29 is 9.84 Å². The molecule has 0 aliphatic heterocycles. The lowest BCUT2D eigenvalue weighted by Gasteiger charge is -2.28. The average Bonchev–Trinajstić information content (AvgIpc) is 2.69. The van der Waals surface area contributed by atoms with Crippen LogP contribution < -0.4 is 0 Å². The van der Waals surface area contributed by atoms with Crippen LogP contribution in [0, 0.1) is 5.41 Å². The van der Waals surface area contributed by atoms with Gasteiger partial charge in [-0.05, 0) is 31.6 Å². The second kappa shape index (κ2) is 5.27. The first-order valence-corrected chi connectivity index (χ1v) is 7.54. The van der Waals surface area contributed by atoms with E-state index in [1.807, 2.05) is 6.92 Å². The van der Waals surface area contributed by atoms with E-state index in [0.29, 0.717) is 6.61 Å². The zero-order chi connectivity index (χ0) is 13.3. The summed E-state index contributed by atoms with van der Waals surface area (Å²) in [6.45, 7) is 9.22. The monoisotopic (exact) mass is 269 g/mol. The molecular weight excluding hydrogens is 246 g/mol. The number of rotatable bonds is 3. The van der Waals surface area contributed by atoms with Crippen LogP contribution >= 0.6 is 11.3 Å². The Morgan fingerprint density at radius 1 is 1.50 bits per heavy atom. The van der Waals surface area contributed by atoms with Gasteiger partial charge in [-0.1, -0.05) is 20.8 Å². The molecule has 0 fully saturated rings. The maximum Gasteiger partial charge on any atom is 0.123 e. The molecule has 0 bridgehead atoms. The molecule has 18 heavy (non-hydrogen) atoms. The number of ether oxygens (including phenoxy) is 1. The smallest absolute Gasteiger partial charge is 0.123 e. The third kappa shape index (κ3) is 2.76. The van der Waals surface area contributed by atoms with Crippen LogP contribution in [0.3, 0.4) is 0 Å². The average molecular weight is 269 g/mol. The summed E-state index contributed by atoms with van der Waals surface area (Å²) in [6, 6.07) is 0. The van der Waals surface area contributed by atoms with Gasteiger partial charge in [-0.15, -0.1) is 11.3 Å². The Hall–Kier alpha value is -0.450. The molecule has 1 aromatic heterocycles. The predicted molar refractivity (Wildman–Crippen MR) is 73.8 cm³/mol. The van der Waals surface area contributed by atoms with E-state index in [1.54, 1.807) is 11.3 Å². The summed E-state index contributed by atoms with van der Waals surface area (Å²) < 4.78 is 5.87. The van der Waals surface area contributed by atoms with Crippen molar-refractivity contribution >= 4 is 11.3 Å². The number of fused-ring (bicyclic) bond motifs is 1. The van der Waals surface area contributed by atoms with Crippen LogP contribution in [-0.4, -0.2) is 16.7 Å². The van der Waals surface area contributed by atoms with E-state index < -0.39 is 0 Å². The van der Waals surface area contributed by atoms with E-state index in [2.05, 4.69) is 20.8 Å². The van der Waals surface area contributed by atoms with Crippen LogP contribution in [0.2, 0.25) is 0 Å². The highest BCUT2D eigenvalue weighted by molar-refractivity contribution is 7.11. The van der Waals surface area contributed by atoms with Crippen molar-refractivity contribution in [2.75, 3.05) is 6.61 Å². The summed E-state index contributed by atoms with van der Waals surface area (Å²) in [5, 5.41) is 11.0. The molecule has 1 aliphatic carbocycles. The predicted octanol–water partition coefficient (Wildman–Crippen LogP) is 3.64. The van der Waals surface area contributed by atoms with Gasteiger partial charge < -0.3 is 9.84 Å². The molecule has 2 rings (SSSR count). The van der Waals surface area contributed by atoms with Gasteiger partial charge in [-0.2, -0.15) is 0 Å². The topological polar surface area (TPSA) is 42.4 Å². The molecule has 1 aromatic rings. The number of aliphatic hydroxyl groups is 1. The van der Waals surface area contributed by atoms with Gasteiger partial charge in [0.15, 0.2) is 0 Å². The Balaban J connectivity index is 2.32. The summed E-state index contributed by atoms with van der Waals surface area (Å²) in [4.78, 5) is 5.78. The lowest BCUT2D eigenvalue weighted by molar-refractivity contribution is -0.0134. The first-order chi connectivity index (χ1) is 8.43. The van der Waals surface area contributed by atoms with Gasteiger partial charge in [0.05, 0.1) is 16.7 Å². The van der Waals surface area contributed by atoms with Crippen LogP contribution in [0.25, 0.3) is 0 Å². The summed E-state index contributed by atoms with van der Waals surface area (Å²) in [7, 11) is 0. The zero-order valence-corrected chi connectivity index (χ0v) is 12.5. The SMILES string of the molecule is CCOC(c1nc2c(s1)C(O)CCC2)C(C)(C)C. The molecule has 2 unspecified atom stereocenters. The third-order valence-electron chi connectivity index (χ3n) is 3.28. The fraction of sp³-hybridized carbons (Fsp3) is 0.786. The number of aryl methyl sites for hydroxylation is 1. The summed E-state index contributed by atoms with van der Waals surface area (Å²) in [5.41, 5.74) is 1.12. The second-order valence-corrected chi connectivity index (χ2v) is 7.03. The Morgan fingerprint density at radius 2 is 2.22 bits per heavy atom. The molecule has 0 spiro atoms. The Labute approximate surface area is 113 Å². The lowest BCUT2D eigenvalue weighted by Crippen LogP contribution is -2.21. The highest BCUT2D eigenvalue weighted by atomic mass is 32.1. The molecule has 102 valence electrons. The van der Waals surface area contributed by atoms with E-state index >= 15 is 0 Å². The summed E-state index contributed by atoms with van der Waals surface area (Å²) >= 11 is 1.63.